The lowest BCUT2D eigenvalue weighted by molar-refractivity contribution is 0.0785. The molecular weight excluding hydrogens is 360 g/mol. The normalized spacial score (nSPS) is 21.2. The number of carbonyl (C=O) groups is 1. The smallest absolute Gasteiger partial charge is 0.274 e. The van der Waals surface area contributed by atoms with E-state index in [4.69, 9.17) is 5.10 Å². The van der Waals surface area contributed by atoms with Gasteiger partial charge in [0.05, 0.1) is 6.54 Å². The van der Waals surface area contributed by atoms with E-state index in [9.17, 15) is 4.79 Å². The van der Waals surface area contributed by atoms with Crippen LogP contribution in [0.3, 0.4) is 0 Å². The molecular formula is C24H30N4O. The molecule has 5 nitrogen and oxygen atoms in total. The number of rotatable bonds is 5. The van der Waals surface area contributed by atoms with Gasteiger partial charge in [-0.05, 0) is 56.1 Å². The Hall–Kier alpha value is -2.40. The van der Waals surface area contributed by atoms with Crippen molar-refractivity contribution in [3.8, 4) is 0 Å². The zero-order chi connectivity index (χ0) is 19.8. The van der Waals surface area contributed by atoms with E-state index in [0.29, 0.717) is 24.3 Å². The van der Waals surface area contributed by atoms with Crippen molar-refractivity contribution in [3.63, 3.8) is 0 Å². The van der Waals surface area contributed by atoms with Gasteiger partial charge in [-0.15, -0.1) is 6.58 Å². The maximum Gasteiger partial charge on any atom is 0.274 e. The number of likely N-dealkylation sites (tertiary alicyclic amines) is 1. The molecule has 2 heterocycles. The number of allylic oxidation sites excluding steroid dienone is 1. The number of fused-ring (bicyclic) bond motifs is 2. The Labute approximate surface area is 172 Å². The minimum Gasteiger partial charge on any atom is -0.337 e. The van der Waals surface area contributed by atoms with E-state index in [0.717, 1.165) is 58.0 Å². The quantitative estimate of drug-likeness (QED) is 0.799. The minimum atomic E-state index is 0.121. The number of aromatic nitrogens is 2. The largest absolute Gasteiger partial charge is 0.337 e. The van der Waals surface area contributed by atoms with Crippen molar-refractivity contribution in [2.24, 2.45) is 0 Å². The molecule has 0 saturated carbocycles. The number of benzene rings is 1. The van der Waals surface area contributed by atoms with Gasteiger partial charge in [-0.3, -0.25) is 9.48 Å². The second-order valence-corrected chi connectivity index (χ2v) is 8.72. The number of carbonyl (C=O) groups excluding carboxylic acids is 1. The second-order valence-electron chi connectivity index (χ2n) is 8.72. The maximum absolute atomic E-state index is 13.1. The van der Waals surface area contributed by atoms with E-state index in [1.807, 2.05) is 15.7 Å². The molecule has 0 spiro atoms. The fourth-order valence-electron chi connectivity index (χ4n) is 5.36. The molecule has 1 fully saturated rings. The van der Waals surface area contributed by atoms with Gasteiger partial charge in [0.1, 0.15) is 0 Å². The number of amides is 1. The summed E-state index contributed by atoms with van der Waals surface area (Å²) in [5.74, 6) is 0.121. The molecule has 1 unspecified atom stereocenters. The van der Waals surface area contributed by atoms with Crippen molar-refractivity contribution in [2.75, 3.05) is 13.1 Å². The summed E-state index contributed by atoms with van der Waals surface area (Å²) in [6.45, 7) is 6.27. The van der Waals surface area contributed by atoms with Crippen LogP contribution in [-0.4, -0.2) is 45.8 Å². The molecule has 5 rings (SSSR count). The Morgan fingerprint density at radius 3 is 2.55 bits per heavy atom. The Morgan fingerprint density at radius 1 is 1.14 bits per heavy atom. The average Bonchev–Trinajstić information content (AvgIpc) is 3.46. The number of nitrogens with zero attached hydrogens (tertiary/aromatic N) is 3. The summed E-state index contributed by atoms with van der Waals surface area (Å²) in [7, 11) is 0. The van der Waals surface area contributed by atoms with E-state index in [-0.39, 0.29) is 5.91 Å². The molecule has 1 amide bonds. The highest BCUT2D eigenvalue weighted by Crippen LogP contribution is 2.29. The molecule has 1 atom stereocenters. The zero-order valence-electron chi connectivity index (χ0n) is 17.1. The minimum absolute atomic E-state index is 0.121. The van der Waals surface area contributed by atoms with E-state index in [1.165, 1.54) is 22.4 Å². The first kappa shape index (κ1) is 18.6. The van der Waals surface area contributed by atoms with Gasteiger partial charge >= 0.3 is 0 Å². The predicted molar refractivity (Wildman–Crippen MR) is 114 cm³/mol. The van der Waals surface area contributed by atoms with Crippen LogP contribution in [0.4, 0.5) is 0 Å². The number of nitrogens with one attached hydrogen (secondary N) is 1. The third-order valence-electron chi connectivity index (χ3n) is 6.77. The summed E-state index contributed by atoms with van der Waals surface area (Å²) in [4.78, 5) is 15.1. The first-order chi connectivity index (χ1) is 14.2. The van der Waals surface area contributed by atoms with Crippen molar-refractivity contribution < 1.29 is 4.79 Å². The van der Waals surface area contributed by atoms with Gasteiger partial charge in [0.15, 0.2) is 5.69 Å². The van der Waals surface area contributed by atoms with Gasteiger partial charge in [0.2, 0.25) is 0 Å². The van der Waals surface area contributed by atoms with Gasteiger partial charge in [-0.1, -0.05) is 30.3 Å². The summed E-state index contributed by atoms with van der Waals surface area (Å²) < 4.78 is 2.01. The predicted octanol–water partition coefficient (Wildman–Crippen LogP) is 2.92. The first-order valence-corrected chi connectivity index (χ1v) is 11.0. The van der Waals surface area contributed by atoms with Crippen LogP contribution in [0.5, 0.6) is 0 Å². The van der Waals surface area contributed by atoms with Crippen LogP contribution in [0.1, 0.15) is 52.1 Å². The summed E-state index contributed by atoms with van der Waals surface area (Å²) in [6.07, 6.45) is 9.26. The lowest BCUT2D eigenvalue weighted by Crippen LogP contribution is -2.42. The van der Waals surface area contributed by atoms with Crippen molar-refractivity contribution in [1.82, 2.24) is 20.0 Å². The van der Waals surface area contributed by atoms with Crippen molar-refractivity contribution in [3.05, 3.63) is 65.0 Å². The molecule has 2 aromatic rings. The molecule has 2 aliphatic carbocycles. The Bertz CT molecular complexity index is 900. The van der Waals surface area contributed by atoms with Crippen LogP contribution in [0.2, 0.25) is 0 Å². The topological polar surface area (TPSA) is 50.2 Å². The highest BCUT2D eigenvalue weighted by Gasteiger charge is 2.33. The van der Waals surface area contributed by atoms with Gasteiger partial charge in [0.25, 0.3) is 5.91 Å². The molecule has 1 N–H and O–H groups in total. The van der Waals surface area contributed by atoms with Crippen molar-refractivity contribution in [1.29, 1.82) is 0 Å². The molecule has 152 valence electrons. The van der Waals surface area contributed by atoms with Gasteiger partial charge in [-0.25, -0.2) is 0 Å². The summed E-state index contributed by atoms with van der Waals surface area (Å²) >= 11 is 0. The third-order valence-corrected chi connectivity index (χ3v) is 6.77. The van der Waals surface area contributed by atoms with E-state index >= 15 is 0 Å². The highest BCUT2D eigenvalue weighted by molar-refractivity contribution is 5.94. The summed E-state index contributed by atoms with van der Waals surface area (Å²) in [5.41, 5.74) is 6.04. The SMILES string of the molecule is C=CCn1nc(C(=O)N2CCCC2)c2c1CCC(NC1Cc3ccccc3C1)C2. The Kier molecular flexibility index (Phi) is 5.00. The van der Waals surface area contributed by atoms with Gasteiger partial charge in [0, 0.05) is 36.4 Å². The van der Waals surface area contributed by atoms with Crippen LogP contribution < -0.4 is 5.32 Å². The molecule has 1 aliphatic heterocycles. The molecule has 1 aromatic heterocycles. The maximum atomic E-state index is 13.1. The van der Waals surface area contributed by atoms with Crippen molar-refractivity contribution in [2.45, 2.75) is 63.6 Å². The number of hydrogen-bond donors (Lipinski definition) is 1. The Morgan fingerprint density at radius 2 is 1.86 bits per heavy atom. The lowest BCUT2D eigenvalue weighted by Gasteiger charge is -2.27. The molecule has 0 bridgehead atoms. The highest BCUT2D eigenvalue weighted by atomic mass is 16.2. The molecule has 1 saturated heterocycles. The van der Waals surface area contributed by atoms with Crippen LogP contribution >= 0.6 is 0 Å². The van der Waals surface area contributed by atoms with Crippen LogP contribution in [-0.2, 0) is 32.2 Å². The fourth-order valence-corrected chi connectivity index (χ4v) is 5.36. The molecule has 5 heteroatoms. The molecule has 29 heavy (non-hydrogen) atoms. The van der Waals surface area contributed by atoms with Crippen LogP contribution in [0.25, 0.3) is 0 Å². The molecule has 0 radical (unpaired) electrons. The Balaban J connectivity index is 1.34. The zero-order valence-corrected chi connectivity index (χ0v) is 17.1. The summed E-state index contributed by atoms with van der Waals surface area (Å²) in [5, 5.41) is 8.65. The van der Waals surface area contributed by atoms with E-state index < -0.39 is 0 Å². The molecule has 1 aromatic carbocycles. The van der Waals surface area contributed by atoms with Crippen LogP contribution in [0, 0.1) is 0 Å². The third kappa shape index (κ3) is 3.52. The van der Waals surface area contributed by atoms with Gasteiger partial charge < -0.3 is 10.2 Å². The van der Waals surface area contributed by atoms with Crippen LogP contribution in [0.15, 0.2) is 36.9 Å². The molecule has 3 aliphatic rings. The van der Waals surface area contributed by atoms with E-state index in [1.54, 1.807) is 0 Å². The van der Waals surface area contributed by atoms with Gasteiger partial charge in [-0.2, -0.15) is 5.10 Å². The summed E-state index contributed by atoms with van der Waals surface area (Å²) in [6, 6.07) is 9.69. The second kappa shape index (κ2) is 7.79. The lowest BCUT2D eigenvalue weighted by atomic mass is 9.90. The fraction of sp³-hybridized carbons (Fsp3) is 0.500. The van der Waals surface area contributed by atoms with Crippen molar-refractivity contribution >= 4 is 5.91 Å². The average molecular weight is 391 g/mol. The number of hydrogen-bond acceptors (Lipinski definition) is 3. The standard InChI is InChI=1S/C24H30N4O/c1-2-11-28-22-10-9-19(25-20-14-17-7-3-4-8-18(17)15-20)16-21(22)23(26-28)24(29)27-12-5-6-13-27/h2-4,7-8,19-20,25H,1,5-6,9-16H2. The van der Waals surface area contributed by atoms with E-state index in [2.05, 4.69) is 36.2 Å². The monoisotopic (exact) mass is 390 g/mol. The first-order valence-electron chi connectivity index (χ1n) is 11.0.